The third-order valence-corrected chi connectivity index (χ3v) is 4.45. The van der Waals surface area contributed by atoms with Gasteiger partial charge >= 0.3 is 0 Å². The summed E-state index contributed by atoms with van der Waals surface area (Å²) in [6.45, 7) is 0. The number of nitrogens with one attached hydrogen (secondary N) is 1. The van der Waals surface area contributed by atoms with E-state index in [0.29, 0.717) is 28.7 Å². The van der Waals surface area contributed by atoms with E-state index in [1.54, 1.807) is 12.1 Å². The summed E-state index contributed by atoms with van der Waals surface area (Å²) in [7, 11) is 0. The summed E-state index contributed by atoms with van der Waals surface area (Å²) in [6.07, 6.45) is 4.54. The van der Waals surface area contributed by atoms with Crippen molar-refractivity contribution < 1.29 is 9.53 Å². The SMILES string of the molecule is O=C(Nc1ccc(Oc2cccc(Br)c2)nc1)c1cnc(-c2ccccc2)nc1. The van der Waals surface area contributed by atoms with Gasteiger partial charge in [-0.25, -0.2) is 15.0 Å². The minimum atomic E-state index is -0.313. The van der Waals surface area contributed by atoms with Crippen LogP contribution in [0.25, 0.3) is 11.4 Å². The first-order chi connectivity index (χ1) is 14.2. The Hall–Kier alpha value is -3.58. The molecule has 0 spiro atoms. The standard InChI is InChI=1S/C22H15BrN4O2/c23-17-7-4-8-19(11-17)29-20-10-9-18(14-24-20)27-22(28)16-12-25-21(26-13-16)15-5-2-1-3-6-15/h1-14H,(H,27,28). The van der Waals surface area contributed by atoms with E-state index in [9.17, 15) is 4.79 Å². The maximum Gasteiger partial charge on any atom is 0.258 e. The van der Waals surface area contributed by atoms with Crippen LogP contribution in [0.2, 0.25) is 0 Å². The van der Waals surface area contributed by atoms with Crippen LogP contribution in [-0.4, -0.2) is 20.9 Å². The minimum Gasteiger partial charge on any atom is -0.439 e. The molecule has 2 heterocycles. The van der Waals surface area contributed by atoms with E-state index < -0.39 is 0 Å². The number of aromatic nitrogens is 3. The van der Waals surface area contributed by atoms with Gasteiger partial charge in [-0.3, -0.25) is 4.79 Å². The fourth-order valence-corrected chi connectivity index (χ4v) is 2.93. The summed E-state index contributed by atoms with van der Waals surface area (Å²) in [6, 6.07) is 20.5. The topological polar surface area (TPSA) is 77.0 Å². The van der Waals surface area contributed by atoms with Crippen molar-refractivity contribution in [3.63, 3.8) is 0 Å². The Balaban J connectivity index is 1.40. The normalized spacial score (nSPS) is 10.4. The molecule has 0 aliphatic heterocycles. The number of ether oxygens (including phenoxy) is 1. The highest BCUT2D eigenvalue weighted by Crippen LogP contribution is 2.23. The first kappa shape index (κ1) is 18.8. The van der Waals surface area contributed by atoms with Gasteiger partial charge in [0.05, 0.1) is 17.4 Å². The number of carbonyl (C=O) groups is 1. The van der Waals surface area contributed by atoms with Crippen LogP contribution >= 0.6 is 15.9 Å². The number of nitrogens with zero attached hydrogens (tertiary/aromatic N) is 3. The van der Waals surface area contributed by atoms with Gasteiger partial charge in [0.25, 0.3) is 5.91 Å². The Kier molecular flexibility index (Phi) is 5.58. The largest absolute Gasteiger partial charge is 0.439 e. The van der Waals surface area contributed by atoms with E-state index in [1.807, 2.05) is 54.6 Å². The minimum absolute atomic E-state index is 0.313. The number of benzene rings is 2. The lowest BCUT2D eigenvalue weighted by Gasteiger charge is -2.08. The molecule has 7 heteroatoms. The zero-order valence-electron chi connectivity index (χ0n) is 15.1. The number of pyridine rings is 1. The molecule has 0 aliphatic rings. The summed E-state index contributed by atoms with van der Waals surface area (Å²) in [5, 5.41) is 2.77. The molecule has 4 aromatic rings. The predicted molar refractivity (Wildman–Crippen MR) is 114 cm³/mol. The molecule has 4 rings (SSSR count). The van der Waals surface area contributed by atoms with Crippen LogP contribution in [0.15, 0.2) is 89.8 Å². The van der Waals surface area contributed by atoms with Gasteiger partial charge in [0, 0.05) is 28.5 Å². The molecule has 2 aromatic carbocycles. The lowest BCUT2D eigenvalue weighted by molar-refractivity contribution is 0.102. The Morgan fingerprint density at radius 1 is 0.862 bits per heavy atom. The van der Waals surface area contributed by atoms with Gasteiger partial charge in [-0.05, 0) is 24.3 Å². The molecule has 0 aliphatic carbocycles. The van der Waals surface area contributed by atoms with Crippen LogP contribution in [0, 0.1) is 0 Å². The number of amides is 1. The smallest absolute Gasteiger partial charge is 0.258 e. The molecule has 0 fully saturated rings. The number of rotatable bonds is 5. The number of anilines is 1. The number of halogens is 1. The molecule has 1 amide bonds. The Morgan fingerprint density at radius 3 is 2.34 bits per heavy atom. The van der Waals surface area contributed by atoms with Crippen molar-refractivity contribution in [3.05, 3.63) is 95.4 Å². The van der Waals surface area contributed by atoms with Crippen LogP contribution in [0.3, 0.4) is 0 Å². The molecular weight excluding hydrogens is 432 g/mol. The summed E-state index contributed by atoms with van der Waals surface area (Å²) in [5.41, 5.74) is 1.80. The van der Waals surface area contributed by atoms with Gasteiger partial charge in [-0.15, -0.1) is 0 Å². The van der Waals surface area contributed by atoms with Crippen LogP contribution in [0.5, 0.6) is 11.6 Å². The third-order valence-electron chi connectivity index (χ3n) is 3.96. The second-order valence-corrected chi connectivity index (χ2v) is 6.98. The second kappa shape index (κ2) is 8.62. The monoisotopic (exact) mass is 446 g/mol. The number of carbonyl (C=O) groups excluding carboxylic acids is 1. The summed E-state index contributed by atoms with van der Waals surface area (Å²) >= 11 is 3.40. The molecule has 29 heavy (non-hydrogen) atoms. The molecule has 0 radical (unpaired) electrons. The molecule has 6 nitrogen and oxygen atoms in total. The van der Waals surface area contributed by atoms with E-state index in [1.165, 1.54) is 18.6 Å². The van der Waals surface area contributed by atoms with Crippen molar-refractivity contribution in [1.82, 2.24) is 15.0 Å². The molecule has 0 atom stereocenters. The van der Waals surface area contributed by atoms with Gasteiger partial charge in [0.1, 0.15) is 5.75 Å². The van der Waals surface area contributed by atoms with Crippen molar-refractivity contribution in [1.29, 1.82) is 0 Å². The second-order valence-electron chi connectivity index (χ2n) is 6.06. The fraction of sp³-hybridized carbons (Fsp3) is 0. The Labute approximate surface area is 175 Å². The summed E-state index contributed by atoms with van der Waals surface area (Å²) in [5.74, 6) is 1.35. The predicted octanol–water partition coefficient (Wildman–Crippen LogP) is 5.35. The van der Waals surface area contributed by atoms with Crippen LogP contribution in [-0.2, 0) is 0 Å². The number of hydrogen-bond acceptors (Lipinski definition) is 5. The zero-order chi connectivity index (χ0) is 20.1. The van der Waals surface area contributed by atoms with Crippen molar-refractivity contribution >= 4 is 27.5 Å². The summed E-state index contributed by atoms with van der Waals surface area (Å²) < 4.78 is 6.60. The average Bonchev–Trinajstić information content (AvgIpc) is 2.76. The lowest BCUT2D eigenvalue weighted by atomic mass is 10.2. The zero-order valence-corrected chi connectivity index (χ0v) is 16.7. The van der Waals surface area contributed by atoms with Crippen LogP contribution in [0.1, 0.15) is 10.4 Å². The van der Waals surface area contributed by atoms with E-state index >= 15 is 0 Å². The maximum absolute atomic E-state index is 12.4. The van der Waals surface area contributed by atoms with Gasteiger partial charge in [0.15, 0.2) is 5.82 Å². The maximum atomic E-state index is 12.4. The molecular formula is C22H15BrN4O2. The molecule has 142 valence electrons. The Morgan fingerprint density at radius 2 is 1.66 bits per heavy atom. The molecule has 2 aromatic heterocycles. The summed E-state index contributed by atoms with van der Waals surface area (Å²) in [4.78, 5) is 25.2. The number of hydrogen-bond donors (Lipinski definition) is 1. The quantitative estimate of drug-likeness (QED) is 0.447. The first-order valence-electron chi connectivity index (χ1n) is 8.76. The van der Waals surface area contributed by atoms with Gasteiger partial charge in [-0.1, -0.05) is 52.3 Å². The van der Waals surface area contributed by atoms with E-state index in [0.717, 1.165) is 10.0 Å². The molecule has 0 unspecified atom stereocenters. The molecule has 0 bridgehead atoms. The highest BCUT2D eigenvalue weighted by atomic mass is 79.9. The van der Waals surface area contributed by atoms with Crippen molar-refractivity contribution in [3.8, 4) is 23.0 Å². The van der Waals surface area contributed by atoms with Crippen LogP contribution < -0.4 is 10.1 Å². The van der Waals surface area contributed by atoms with Crippen molar-refractivity contribution in [2.75, 3.05) is 5.32 Å². The average molecular weight is 447 g/mol. The van der Waals surface area contributed by atoms with Gasteiger partial charge in [-0.2, -0.15) is 0 Å². The van der Waals surface area contributed by atoms with Gasteiger partial charge in [0.2, 0.25) is 5.88 Å². The van der Waals surface area contributed by atoms with Gasteiger partial charge < -0.3 is 10.1 Å². The highest BCUT2D eigenvalue weighted by Gasteiger charge is 2.09. The van der Waals surface area contributed by atoms with E-state index in [2.05, 4.69) is 36.2 Å². The molecule has 0 saturated heterocycles. The molecule has 1 N–H and O–H groups in total. The van der Waals surface area contributed by atoms with Crippen molar-refractivity contribution in [2.24, 2.45) is 0 Å². The van der Waals surface area contributed by atoms with E-state index in [4.69, 9.17) is 4.74 Å². The fourth-order valence-electron chi connectivity index (χ4n) is 2.55. The first-order valence-corrected chi connectivity index (χ1v) is 9.55. The lowest BCUT2D eigenvalue weighted by Crippen LogP contribution is -2.13. The van der Waals surface area contributed by atoms with Crippen molar-refractivity contribution in [2.45, 2.75) is 0 Å². The third kappa shape index (κ3) is 4.83. The Bertz CT molecular complexity index is 1120. The van der Waals surface area contributed by atoms with E-state index in [-0.39, 0.29) is 5.91 Å². The highest BCUT2D eigenvalue weighted by molar-refractivity contribution is 9.10. The van der Waals surface area contributed by atoms with Crippen LogP contribution in [0.4, 0.5) is 5.69 Å². The molecule has 0 saturated carbocycles.